The molecule has 154 valence electrons. The highest BCUT2D eigenvalue weighted by atomic mass is 32.2. The summed E-state index contributed by atoms with van der Waals surface area (Å²) in [7, 11) is -0.557. The van der Waals surface area contributed by atoms with Crippen molar-refractivity contribution in [3.8, 4) is 0 Å². The number of carbonyl (C=O) groups excluding carboxylic acids is 1. The van der Waals surface area contributed by atoms with Crippen LogP contribution in [0.2, 0.25) is 0 Å². The van der Waals surface area contributed by atoms with Gasteiger partial charge in [0, 0.05) is 39.2 Å². The highest BCUT2D eigenvalue weighted by Crippen LogP contribution is 2.17. The molecule has 1 N–H and O–H groups in total. The normalized spacial score (nSPS) is 11.9. The van der Waals surface area contributed by atoms with Crippen LogP contribution in [0.5, 0.6) is 0 Å². The van der Waals surface area contributed by atoms with Gasteiger partial charge in [-0.05, 0) is 42.8 Å². The molecule has 1 aromatic heterocycles. The Morgan fingerprint density at radius 3 is 2.45 bits per heavy atom. The van der Waals surface area contributed by atoms with Crippen LogP contribution in [0.3, 0.4) is 0 Å². The van der Waals surface area contributed by atoms with Gasteiger partial charge in [0.25, 0.3) is 5.91 Å². The number of hydrogen-bond acceptors (Lipinski definition) is 4. The third-order valence-corrected chi connectivity index (χ3v) is 6.54. The van der Waals surface area contributed by atoms with E-state index in [0.717, 1.165) is 34.1 Å². The minimum Gasteiger partial charge on any atom is -0.352 e. The Labute approximate surface area is 171 Å². The Bertz CT molecular complexity index is 1100. The van der Waals surface area contributed by atoms with E-state index in [1.807, 2.05) is 18.2 Å². The monoisotopic (exact) mass is 414 g/mol. The molecule has 0 unspecified atom stereocenters. The van der Waals surface area contributed by atoms with E-state index in [-0.39, 0.29) is 10.8 Å². The van der Waals surface area contributed by atoms with Crippen molar-refractivity contribution in [2.45, 2.75) is 31.2 Å². The lowest BCUT2D eigenvalue weighted by atomic mass is 10.2. The van der Waals surface area contributed by atoms with E-state index in [9.17, 15) is 13.2 Å². The van der Waals surface area contributed by atoms with E-state index in [1.54, 1.807) is 0 Å². The molecular weight excluding hydrogens is 388 g/mol. The molecule has 0 saturated heterocycles. The summed E-state index contributed by atoms with van der Waals surface area (Å²) in [5.74, 6) is 0.706. The summed E-state index contributed by atoms with van der Waals surface area (Å²) < 4.78 is 27.6. The van der Waals surface area contributed by atoms with Crippen LogP contribution in [-0.2, 0) is 23.0 Å². The van der Waals surface area contributed by atoms with Crippen molar-refractivity contribution in [3.63, 3.8) is 0 Å². The summed E-state index contributed by atoms with van der Waals surface area (Å²) in [6.07, 6.45) is 1.62. The molecule has 1 amide bonds. The van der Waals surface area contributed by atoms with Gasteiger partial charge in [-0.1, -0.05) is 19.1 Å². The molecule has 2 aromatic carbocycles. The van der Waals surface area contributed by atoms with Crippen molar-refractivity contribution in [1.82, 2.24) is 19.2 Å². The second-order valence-electron chi connectivity index (χ2n) is 6.99. The molecule has 0 fully saturated rings. The molecule has 0 bridgehead atoms. The predicted molar refractivity (Wildman–Crippen MR) is 113 cm³/mol. The second kappa shape index (κ2) is 8.75. The smallest absolute Gasteiger partial charge is 0.251 e. The number of aryl methyl sites for hydroxylation is 1. The van der Waals surface area contributed by atoms with E-state index >= 15 is 0 Å². The first kappa shape index (κ1) is 21.0. The highest BCUT2D eigenvalue weighted by Gasteiger charge is 2.17. The van der Waals surface area contributed by atoms with Gasteiger partial charge < -0.3 is 9.88 Å². The third-order valence-electron chi connectivity index (χ3n) is 4.71. The SMILES string of the molecule is CCCn1c(CCNC(=O)c2ccc(S(=O)(=O)N(C)C)cc2)nc2ccccc21. The number of fused-ring (bicyclic) bond motifs is 1. The van der Waals surface area contributed by atoms with E-state index in [2.05, 4.69) is 22.9 Å². The lowest BCUT2D eigenvalue weighted by molar-refractivity contribution is 0.0954. The van der Waals surface area contributed by atoms with Crippen LogP contribution < -0.4 is 5.32 Å². The van der Waals surface area contributed by atoms with Crippen LogP contribution in [0.15, 0.2) is 53.4 Å². The van der Waals surface area contributed by atoms with Crippen LogP contribution in [0.25, 0.3) is 11.0 Å². The Morgan fingerprint density at radius 2 is 1.79 bits per heavy atom. The number of nitrogens with zero attached hydrogens (tertiary/aromatic N) is 3. The molecule has 0 saturated carbocycles. The maximum absolute atomic E-state index is 12.4. The molecule has 3 rings (SSSR count). The van der Waals surface area contributed by atoms with Crippen LogP contribution in [0.1, 0.15) is 29.5 Å². The van der Waals surface area contributed by atoms with Gasteiger partial charge >= 0.3 is 0 Å². The van der Waals surface area contributed by atoms with Gasteiger partial charge in [0.15, 0.2) is 0 Å². The van der Waals surface area contributed by atoms with Crippen LogP contribution in [0.4, 0.5) is 0 Å². The van der Waals surface area contributed by atoms with Crippen molar-refractivity contribution >= 4 is 27.0 Å². The van der Waals surface area contributed by atoms with E-state index in [1.165, 1.54) is 38.4 Å². The molecule has 7 nitrogen and oxygen atoms in total. The fourth-order valence-corrected chi connectivity index (χ4v) is 4.07. The average Bonchev–Trinajstić information content (AvgIpc) is 3.06. The van der Waals surface area contributed by atoms with E-state index in [4.69, 9.17) is 4.98 Å². The first-order valence-electron chi connectivity index (χ1n) is 9.59. The number of carbonyl (C=O) groups is 1. The number of para-hydroxylation sites is 2. The largest absolute Gasteiger partial charge is 0.352 e. The van der Waals surface area contributed by atoms with E-state index in [0.29, 0.717) is 18.5 Å². The standard InChI is InChI=1S/C21H26N4O3S/c1-4-15-25-19-8-6-5-7-18(19)23-20(25)13-14-22-21(26)16-9-11-17(12-10-16)29(27,28)24(2)3/h5-12H,4,13-15H2,1-3H3,(H,22,26). The van der Waals surface area contributed by atoms with Crippen molar-refractivity contribution in [3.05, 3.63) is 59.9 Å². The Hall–Kier alpha value is -2.71. The van der Waals surface area contributed by atoms with Crippen molar-refractivity contribution in [2.75, 3.05) is 20.6 Å². The molecule has 0 radical (unpaired) electrons. The summed E-state index contributed by atoms with van der Waals surface area (Å²) in [5.41, 5.74) is 2.48. The van der Waals surface area contributed by atoms with Crippen molar-refractivity contribution < 1.29 is 13.2 Å². The van der Waals surface area contributed by atoms with Crippen molar-refractivity contribution in [1.29, 1.82) is 0 Å². The van der Waals surface area contributed by atoms with Crippen LogP contribution >= 0.6 is 0 Å². The number of aromatic nitrogens is 2. The van der Waals surface area contributed by atoms with Gasteiger partial charge in [-0.15, -0.1) is 0 Å². The van der Waals surface area contributed by atoms with Gasteiger partial charge in [-0.2, -0.15) is 0 Å². The number of benzene rings is 2. The highest BCUT2D eigenvalue weighted by molar-refractivity contribution is 7.89. The minimum absolute atomic E-state index is 0.160. The molecule has 29 heavy (non-hydrogen) atoms. The van der Waals surface area contributed by atoms with Crippen LogP contribution in [-0.4, -0.2) is 48.8 Å². The summed E-state index contributed by atoms with van der Waals surface area (Å²) in [5, 5.41) is 2.89. The molecule has 0 aliphatic carbocycles. The molecular formula is C21H26N4O3S. The average molecular weight is 415 g/mol. The minimum atomic E-state index is -3.50. The molecule has 3 aromatic rings. The molecule has 0 aliphatic heterocycles. The number of amides is 1. The Morgan fingerprint density at radius 1 is 1.10 bits per heavy atom. The second-order valence-corrected chi connectivity index (χ2v) is 9.14. The van der Waals surface area contributed by atoms with Crippen LogP contribution in [0, 0.1) is 0 Å². The number of imidazole rings is 1. The lowest BCUT2D eigenvalue weighted by Gasteiger charge is -2.12. The van der Waals surface area contributed by atoms with E-state index < -0.39 is 10.0 Å². The van der Waals surface area contributed by atoms with Crippen molar-refractivity contribution in [2.24, 2.45) is 0 Å². The Balaban J connectivity index is 1.66. The summed E-state index contributed by atoms with van der Waals surface area (Å²) in [6.45, 7) is 3.45. The maximum atomic E-state index is 12.4. The number of rotatable bonds is 8. The van der Waals surface area contributed by atoms with Gasteiger partial charge in [0.2, 0.25) is 10.0 Å². The number of sulfonamides is 1. The number of hydrogen-bond donors (Lipinski definition) is 1. The topological polar surface area (TPSA) is 84.3 Å². The zero-order valence-electron chi connectivity index (χ0n) is 16.9. The zero-order valence-corrected chi connectivity index (χ0v) is 17.7. The fourth-order valence-electron chi connectivity index (χ4n) is 3.17. The molecule has 8 heteroatoms. The number of nitrogens with one attached hydrogen (secondary N) is 1. The maximum Gasteiger partial charge on any atom is 0.251 e. The summed E-state index contributed by atoms with van der Waals surface area (Å²) in [6, 6.07) is 14.0. The Kier molecular flexibility index (Phi) is 6.34. The summed E-state index contributed by atoms with van der Waals surface area (Å²) in [4.78, 5) is 17.3. The molecule has 0 spiro atoms. The van der Waals surface area contributed by atoms with Gasteiger partial charge in [0.05, 0.1) is 15.9 Å². The first-order chi connectivity index (χ1) is 13.8. The molecule has 1 heterocycles. The predicted octanol–water partition coefficient (Wildman–Crippen LogP) is 2.67. The van der Waals surface area contributed by atoms with Gasteiger partial charge in [0.1, 0.15) is 5.82 Å². The first-order valence-corrected chi connectivity index (χ1v) is 11.0. The lowest BCUT2D eigenvalue weighted by Crippen LogP contribution is -2.27. The fraction of sp³-hybridized carbons (Fsp3) is 0.333. The molecule has 0 atom stereocenters. The zero-order chi connectivity index (χ0) is 21.0. The van der Waals surface area contributed by atoms with Gasteiger partial charge in [-0.3, -0.25) is 4.79 Å². The molecule has 0 aliphatic rings. The third kappa shape index (κ3) is 4.49. The van der Waals surface area contributed by atoms with Gasteiger partial charge in [-0.25, -0.2) is 17.7 Å². The quantitative estimate of drug-likeness (QED) is 0.614. The summed E-state index contributed by atoms with van der Waals surface area (Å²) >= 11 is 0.